The number of rotatable bonds is 2. The zero-order chi connectivity index (χ0) is 14.3. The minimum absolute atomic E-state index is 0.392. The van der Waals surface area contributed by atoms with E-state index in [1.54, 1.807) is 0 Å². The standard InChI is InChI=1S/C18H19NO/c1-4-14-15-7-5-6-8-16(15)19-17(14)13-9-11(2)18(20)12(3)10-13/h5-10,19-20H,4H2,1-3H3. The van der Waals surface area contributed by atoms with E-state index in [0.29, 0.717) is 5.75 Å². The molecule has 102 valence electrons. The van der Waals surface area contributed by atoms with Gasteiger partial charge in [0.25, 0.3) is 0 Å². The van der Waals surface area contributed by atoms with Gasteiger partial charge in [0.05, 0.1) is 0 Å². The number of para-hydroxylation sites is 1. The van der Waals surface area contributed by atoms with Crippen LogP contribution in [-0.4, -0.2) is 10.1 Å². The zero-order valence-electron chi connectivity index (χ0n) is 12.1. The van der Waals surface area contributed by atoms with Crippen LogP contribution in [0, 0.1) is 13.8 Å². The maximum absolute atomic E-state index is 9.93. The van der Waals surface area contributed by atoms with Gasteiger partial charge in [-0.1, -0.05) is 25.1 Å². The average molecular weight is 265 g/mol. The number of aromatic hydroxyl groups is 1. The van der Waals surface area contributed by atoms with Gasteiger partial charge in [-0.05, 0) is 60.7 Å². The number of nitrogens with one attached hydrogen (secondary N) is 1. The second kappa shape index (κ2) is 4.71. The maximum Gasteiger partial charge on any atom is 0.121 e. The van der Waals surface area contributed by atoms with E-state index in [0.717, 1.165) is 23.1 Å². The summed E-state index contributed by atoms with van der Waals surface area (Å²) in [4.78, 5) is 3.52. The third kappa shape index (κ3) is 1.88. The van der Waals surface area contributed by atoms with Crippen LogP contribution in [-0.2, 0) is 6.42 Å². The number of fused-ring (bicyclic) bond motifs is 1. The molecule has 2 aromatic carbocycles. The number of benzene rings is 2. The maximum atomic E-state index is 9.93. The zero-order valence-corrected chi connectivity index (χ0v) is 12.1. The molecule has 0 aliphatic rings. The summed E-state index contributed by atoms with van der Waals surface area (Å²) in [6.07, 6.45) is 0.984. The number of H-pyrrole nitrogens is 1. The lowest BCUT2D eigenvalue weighted by molar-refractivity contribution is 0.467. The lowest BCUT2D eigenvalue weighted by Gasteiger charge is -2.08. The molecule has 0 bridgehead atoms. The van der Waals surface area contributed by atoms with Crippen molar-refractivity contribution in [2.24, 2.45) is 0 Å². The summed E-state index contributed by atoms with van der Waals surface area (Å²) in [6.45, 7) is 6.07. The Bertz CT molecular complexity index is 760. The molecule has 3 aromatic rings. The molecule has 0 radical (unpaired) electrons. The average Bonchev–Trinajstić information content (AvgIpc) is 2.82. The Morgan fingerprint density at radius 1 is 1.05 bits per heavy atom. The van der Waals surface area contributed by atoms with E-state index < -0.39 is 0 Å². The lowest BCUT2D eigenvalue weighted by atomic mass is 9.99. The fourth-order valence-corrected chi connectivity index (χ4v) is 2.91. The van der Waals surface area contributed by atoms with Gasteiger partial charge < -0.3 is 10.1 Å². The number of hydrogen-bond donors (Lipinski definition) is 2. The molecule has 0 spiro atoms. The van der Waals surface area contributed by atoms with E-state index in [1.165, 1.54) is 22.2 Å². The fraction of sp³-hybridized carbons (Fsp3) is 0.222. The summed E-state index contributed by atoms with van der Waals surface area (Å²) in [6, 6.07) is 12.5. The summed E-state index contributed by atoms with van der Waals surface area (Å²) in [5, 5.41) is 11.2. The van der Waals surface area contributed by atoms with Crippen LogP contribution in [0.15, 0.2) is 36.4 Å². The molecule has 2 nitrogen and oxygen atoms in total. The van der Waals surface area contributed by atoms with Crippen molar-refractivity contribution in [3.8, 4) is 17.0 Å². The normalized spacial score (nSPS) is 11.2. The van der Waals surface area contributed by atoms with Gasteiger partial charge in [0.1, 0.15) is 5.75 Å². The molecular formula is C18H19NO. The first-order valence-corrected chi connectivity index (χ1v) is 7.02. The molecular weight excluding hydrogens is 246 g/mol. The van der Waals surface area contributed by atoms with Crippen molar-refractivity contribution in [2.45, 2.75) is 27.2 Å². The van der Waals surface area contributed by atoms with Gasteiger partial charge in [0.15, 0.2) is 0 Å². The van der Waals surface area contributed by atoms with Crippen molar-refractivity contribution in [2.75, 3.05) is 0 Å². The Morgan fingerprint density at radius 2 is 1.70 bits per heavy atom. The first-order chi connectivity index (χ1) is 9.61. The van der Waals surface area contributed by atoms with Gasteiger partial charge >= 0.3 is 0 Å². The largest absolute Gasteiger partial charge is 0.507 e. The Labute approximate surface area is 119 Å². The van der Waals surface area contributed by atoms with E-state index in [9.17, 15) is 5.11 Å². The molecule has 0 saturated heterocycles. The van der Waals surface area contributed by atoms with Gasteiger partial charge in [0, 0.05) is 16.6 Å². The van der Waals surface area contributed by atoms with Crippen LogP contribution in [0.3, 0.4) is 0 Å². The summed E-state index contributed by atoms with van der Waals surface area (Å²) in [5.74, 6) is 0.392. The van der Waals surface area contributed by atoms with Gasteiger partial charge in [-0.15, -0.1) is 0 Å². The van der Waals surface area contributed by atoms with Gasteiger partial charge in [-0.2, -0.15) is 0 Å². The van der Waals surface area contributed by atoms with Crippen molar-refractivity contribution in [1.29, 1.82) is 0 Å². The SMILES string of the molecule is CCc1c(-c2cc(C)c(O)c(C)c2)[nH]c2ccccc12. The second-order valence-electron chi connectivity index (χ2n) is 5.34. The molecule has 3 rings (SSSR count). The quantitative estimate of drug-likeness (QED) is 0.691. The predicted octanol–water partition coefficient (Wildman–Crippen LogP) is 4.72. The van der Waals surface area contributed by atoms with Crippen LogP contribution in [0.2, 0.25) is 0 Å². The van der Waals surface area contributed by atoms with E-state index in [4.69, 9.17) is 0 Å². The van der Waals surface area contributed by atoms with Gasteiger partial charge in [-0.25, -0.2) is 0 Å². The number of aryl methyl sites for hydroxylation is 3. The third-order valence-corrected chi connectivity index (χ3v) is 3.95. The Balaban J connectivity index is 2.29. The molecule has 1 aromatic heterocycles. The smallest absolute Gasteiger partial charge is 0.121 e. The van der Waals surface area contributed by atoms with Gasteiger partial charge in [0.2, 0.25) is 0 Å². The van der Waals surface area contributed by atoms with Crippen LogP contribution in [0.25, 0.3) is 22.2 Å². The van der Waals surface area contributed by atoms with E-state index in [2.05, 4.69) is 36.2 Å². The predicted molar refractivity (Wildman–Crippen MR) is 84.3 cm³/mol. The molecule has 0 saturated carbocycles. The number of aromatic amines is 1. The van der Waals surface area contributed by atoms with Crippen molar-refractivity contribution < 1.29 is 5.11 Å². The highest BCUT2D eigenvalue weighted by Gasteiger charge is 2.13. The minimum atomic E-state index is 0.392. The number of hydrogen-bond acceptors (Lipinski definition) is 1. The lowest BCUT2D eigenvalue weighted by Crippen LogP contribution is -1.88. The van der Waals surface area contributed by atoms with Crippen LogP contribution in [0.5, 0.6) is 5.75 Å². The first kappa shape index (κ1) is 12.8. The molecule has 0 aliphatic heterocycles. The molecule has 20 heavy (non-hydrogen) atoms. The van der Waals surface area contributed by atoms with Gasteiger partial charge in [-0.3, -0.25) is 0 Å². The van der Waals surface area contributed by atoms with Crippen LogP contribution < -0.4 is 0 Å². The molecule has 0 amide bonds. The minimum Gasteiger partial charge on any atom is -0.507 e. The molecule has 2 heteroatoms. The van der Waals surface area contributed by atoms with Crippen molar-refractivity contribution >= 4 is 10.9 Å². The summed E-state index contributed by atoms with van der Waals surface area (Å²) in [5.41, 5.74) is 6.65. The van der Waals surface area contributed by atoms with Crippen LogP contribution in [0.4, 0.5) is 0 Å². The number of phenolic OH excluding ortho intramolecular Hbond substituents is 1. The van der Waals surface area contributed by atoms with Crippen molar-refractivity contribution in [3.63, 3.8) is 0 Å². The fourth-order valence-electron chi connectivity index (χ4n) is 2.91. The first-order valence-electron chi connectivity index (χ1n) is 7.02. The highest BCUT2D eigenvalue weighted by Crippen LogP contribution is 2.34. The van der Waals surface area contributed by atoms with E-state index in [-0.39, 0.29) is 0 Å². The number of aromatic nitrogens is 1. The highest BCUT2D eigenvalue weighted by atomic mass is 16.3. The summed E-state index contributed by atoms with van der Waals surface area (Å²) in [7, 11) is 0. The van der Waals surface area contributed by atoms with E-state index >= 15 is 0 Å². The third-order valence-electron chi connectivity index (χ3n) is 3.95. The highest BCUT2D eigenvalue weighted by molar-refractivity contribution is 5.91. The number of phenols is 1. The molecule has 0 atom stereocenters. The Hall–Kier alpha value is -2.22. The topological polar surface area (TPSA) is 36.0 Å². The molecule has 0 aliphatic carbocycles. The Morgan fingerprint density at radius 3 is 2.35 bits per heavy atom. The second-order valence-corrected chi connectivity index (χ2v) is 5.34. The van der Waals surface area contributed by atoms with Crippen LogP contribution in [0.1, 0.15) is 23.6 Å². The molecule has 2 N–H and O–H groups in total. The Kier molecular flexibility index (Phi) is 3.01. The van der Waals surface area contributed by atoms with Crippen molar-refractivity contribution in [3.05, 3.63) is 53.1 Å². The van der Waals surface area contributed by atoms with E-state index in [1.807, 2.05) is 26.0 Å². The molecule has 1 heterocycles. The van der Waals surface area contributed by atoms with Crippen molar-refractivity contribution in [1.82, 2.24) is 4.98 Å². The summed E-state index contributed by atoms with van der Waals surface area (Å²) >= 11 is 0. The summed E-state index contributed by atoms with van der Waals surface area (Å²) < 4.78 is 0. The monoisotopic (exact) mass is 265 g/mol. The van der Waals surface area contributed by atoms with Crippen LogP contribution >= 0.6 is 0 Å². The molecule has 0 unspecified atom stereocenters. The molecule has 0 fully saturated rings.